The summed E-state index contributed by atoms with van der Waals surface area (Å²) in [4.78, 5) is 6.75. The number of likely N-dealkylation sites (N-methyl/N-ethyl adjacent to an activating group) is 1. The summed E-state index contributed by atoms with van der Waals surface area (Å²) in [6.45, 7) is 1.71. The lowest BCUT2D eigenvalue weighted by Crippen LogP contribution is -2.18. The van der Waals surface area contributed by atoms with Crippen molar-refractivity contribution in [3.05, 3.63) is 47.2 Å². The van der Waals surface area contributed by atoms with Gasteiger partial charge in [-0.15, -0.1) is 11.3 Å². The maximum Gasteiger partial charge on any atom is 0.281 e. The highest BCUT2D eigenvalue weighted by atomic mass is 35.5. The first kappa shape index (κ1) is 18.3. The van der Waals surface area contributed by atoms with Crippen LogP contribution in [0.25, 0.3) is 15.9 Å². The molecule has 0 amide bonds. The molecule has 7 nitrogen and oxygen atoms in total. The molecule has 10 heteroatoms. The highest BCUT2D eigenvalue weighted by Gasteiger charge is 2.26. The number of halogens is 1. The van der Waals surface area contributed by atoms with Crippen molar-refractivity contribution in [2.45, 2.75) is 11.6 Å². The molecule has 0 aliphatic rings. The van der Waals surface area contributed by atoms with Gasteiger partial charge in [-0.05, 0) is 32.3 Å². The van der Waals surface area contributed by atoms with Gasteiger partial charge >= 0.3 is 0 Å². The number of anilines is 1. The Labute approximate surface area is 165 Å². The fraction of sp³-hybridized carbons (Fsp3) is 0.235. The summed E-state index contributed by atoms with van der Waals surface area (Å²) in [7, 11) is 0.142. The summed E-state index contributed by atoms with van der Waals surface area (Å²) < 4.78 is 32.3. The molecule has 142 valence electrons. The molecule has 0 bridgehead atoms. The van der Waals surface area contributed by atoms with Gasteiger partial charge in [-0.2, -0.15) is 8.42 Å². The lowest BCUT2D eigenvalue weighted by atomic mass is 10.2. The van der Waals surface area contributed by atoms with Crippen molar-refractivity contribution >= 4 is 54.5 Å². The fourth-order valence-electron chi connectivity index (χ4n) is 2.99. The number of hydrogen-bond donors (Lipinski definition) is 1. The Kier molecular flexibility index (Phi) is 4.63. The molecular weight excluding hydrogens is 406 g/mol. The molecule has 3 heterocycles. The van der Waals surface area contributed by atoms with Gasteiger partial charge in [0, 0.05) is 36.2 Å². The van der Waals surface area contributed by atoms with Crippen LogP contribution < -0.4 is 4.72 Å². The molecule has 0 saturated heterocycles. The summed E-state index contributed by atoms with van der Waals surface area (Å²) in [5.74, 6) is 0. The number of imidazole rings is 1. The van der Waals surface area contributed by atoms with Crippen LogP contribution in [-0.2, 0) is 16.6 Å². The standard InChI is InChI=1S/C17H18ClN5O2S2/c1-21(2)8-9-22-7-6-12-13(4-3-5-14(12)22)20-27(24,25)16-15(18)19-17-23(16)10-11-26-17/h3-7,10-11,20H,8-9H2,1-2H3. The van der Waals surface area contributed by atoms with E-state index in [9.17, 15) is 8.42 Å². The van der Waals surface area contributed by atoms with Crippen LogP contribution in [0.5, 0.6) is 0 Å². The third-order valence-corrected chi connectivity index (χ3v) is 6.80. The zero-order chi connectivity index (χ0) is 19.2. The first-order valence-electron chi connectivity index (χ1n) is 8.23. The molecule has 4 rings (SSSR count). The van der Waals surface area contributed by atoms with E-state index in [1.54, 1.807) is 17.6 Å². The van der Waals surface area contributed by atoms with Crippen molar-refractivity contribution in [1.82, 2.24) is 18.9 Å². The number of nitrogens with one attached hydrogen (secondary N) is 1. The normalized spacial score (nSPS) is 12.4. The molecule has 0 spiro atoms. The van der Waals surface area contributed by atoms with E-state index in [4.69, 9.17) is 11.6 Å². The number of thiazole rings is 1. The average Bonchev–Trinajstić information content (AvgIpc) is 3.26. The SMILES string of the molecule is CN(C)CCn1ccc2c(NS(=O)(=O)c3c(Cl)nc4sccn34)cccc21. The Morgan fingerprint density at radius 3 is 2.85 bits per heavy atom. The number of aromatic nitrogens is 3. The summed E-state index contributed by atoms with van der Waals surface area (Å²) in [5.41, 5.74) is 1.48. The molecule has 3 aromatic heterocycles. The molecule has 0 saturated carbocycles. The fourth-order valence-corrected chi connectivity index (χ4v) is 5.52. The molecule has 0 unspecified atom stereocenters. The first-order valence-corrected chi connectivity index (χ1v) is 11.0. The van der Waals surface area contributed by atoms with Gasteiger partial charge in [0.2, 0.25) is 0 Å². The minimum absolute atomic E-state index is 0.0370. The van der Waals surface area contributed by atoms with E-state index in [-0.39, 0.29) is 10.2 Å². The first-order chi connectivity index (χ1) is 12.9. The van der Waals surface area contributed by atoms with E-state index in [1.807, 2.05) is 38.5 Å². The van der Waals surface area contributed by atoms with Crippen molar-refractivity contribution in [2.24, 2.45) is 0 Å². The number of hydrogen-bond acceptors (Lipinski definition) is 5. The molecule has 0 aliphatic carbocycles. The number of benzene rings is 1. The van der Waals surface area contributed by atoms with Crippen LogP contribution in [0.4, 0.5) is 5.69 Å². The molecule has 1 aromatic carbocycles. The van der Waals surface area contributed by atoms with Gasteiger partial charge in [0.05, 0.1) is 11.2 Å². The maximum atomic E-state index is 13.0. The van der Waals surface area contributed by atoms with Gasteiger partial charge in [-0.3, -0.25) is 9.12 Å². The molecule has 0 atom stereocenters. The zero-order valence-electron chi connectivity index (χ0n) is 14.8. The third kappa shape index (κ3) is 3.31. The lowest BCUT2D eigenvalue weighted by Gasteiger charge is -2.12. The van der Waals surface area contributed by atoms with E-state index < -0.39 is 10.0 Å². The van der Waals surface area contributed by atoms with Crippen LogP contribution in [-0.4, -0.2) is 47.9 Å². The Morgan fingerprint density at radius 2 is 2.07 bits per heavy atom. The minimum atomic E-state index is -3.90. The van der Waals surface area contributed by atoms with Gasteiger partial charge < -0.3 is 9.47 Å². The predicted molar refractivity (Wildman–Crippen MR) is 109 cm³/mol. The molecule has 1 N–H and O–H groups in total. The predicted octanol–water partition coefficient (Wildman–Crippen LogP) is 3.37. The highest BCUT2D eigenvalue weighted by molar-refractivity contribution is 7.92. The van der Waals surface area contributed by atoms with Crippen molar-refractivity contribution in [2.75, 3.05) is 25.4 Å². The Hall–Kier alpha value is -2.07. The smallest absolute Gasteiger partial charge is 0.281 e. The molecule has 0 fully saturated rings. The maximum absolute atomic E-state index is 13.0. The lowest BCUT2D eigenvalue weighted by molar-refractivity contribution is 0.387. The largest absolute Gasteiger partial charge is 0.346 e. The topological polar surface area (TPSA) is 71.6 Å². The quantitative estimate of drug-likeness (QED) is 0.516. The van der Waals surface area contributed by atoms with Crippen molar-refractivity contribution in [1.29, 1.82) is 0 Å². The Bertz CT molecular complexity index is 1220. The van der Waals surface area contributed by atoms with Crippen LogP contribution in [0.3, 0.4) is 0 Å². The minimum Gasteiger partial charge on any atom is -0.346 e. The Morgan fingerprint density at radius 1 is 1.26 bits per heavy atom. The molecular formula is C17H18ClN5O2S2. The molecule has 4 aromatic rings. The van der Waals surface area contributed by atoms with Crippen LogP contribution in [0.1, 0.15) is 0 Å². The van der Waals surface area contributed by atoms with Crippen LogP contribution in [0.15, 0.2) is 47.1 Å². The number of rotatable bonds is 6. The van der Waals surface area contributed by atoms with Crippen molar-refractivity contribution in [3.63, 3.8) is 0 Å². The van der Waals surface area contributed by atoms with E-state index in [0.29, 0.717) is 10.6 Å². The summed E-state index contributed by atoms with van der Waals surface area (Å²) in [6.07, 6.45) is 3.61. The number of fused-ring (bicyclic) bond motifs is 2. The molecule has 0 aliphatic heterocycles. The van der Waals surface area contributed by atoms with Crippen molar-refractivity contribution in [3.8, 4) is 0 Å². The van der Waals surface area contributed by atoms with Gasteiger partial charge in [-0.25, -0.2) is 4.98 Å². The second kappa shape index (κ2) is 6.83. The Balaban J connectivity index is 1.73. The molecule has 27 heavy (non-hydrogen) atoms. The van der Waals surface area contributed by atoms with E-state index in [2.05, 4.69) is 19.2 Å². The second-order valence-electron chi connectivity index (χ2n) is 6.42. The third-order valence-electron chi connectivity index (χ3n) is 4.28. The van der Waals surface area contributed by atoms with Crippen LogP contribution >= 0.6 is 22.9 Å². The summed E-state index contributed by atoms with van der Waals surface area (Å²) in [6, 6.07) is 7.48. The van der Waals surface area contributed by atoms with E-state index >= 15 is 0 Å². The summed E-state index contributed by atoms with van der Waals surface area (Å²) in [5, 5.41) is 2.51. The van der Waals surface area contributed by atoms with Gasteiger partial charge in [0.25, 0.3) is 10.0 Å². The summed E-state index contributed by atoms with van der Waals surface area (Å²) >= 11 is 7.43. The van der Waals surface area contributed by atoms with Crippen LogP contribution in [0.2, 0.25) is 5.15 Å². The van der Waals surface area contributed by atoms with Crippen LogP contribution in [0, 0.1) is 0 Å². The van der Waals surface area contributed by atoms with Gasteiger partial charge in [-0.1, -0.05) is 17.7 Å². The number of nitrogens with zero attached hydrogens (tertiary/aromatic N) is 4. The zero-order valence-corrected chi connectivity index (χ0v) is 17.1. The second-order valence-corrected chi connectivity index (χ2v) is 9.25. The highest BCUT2D eigenvalue weighted by Crippen LogP contribution is 2.30. The molecule has 0 radical (unpaired) electrons. The van der Waals surface area contributed by atoms with Gasteiger partial charge in [0.15, 0.2) is 15.1 Å². The van der Waals surface area contributed by atoms with E-state index in [0.717, 1.165) is 24.0 Å². The average molecular weight is 424 g/mol. The van der Waals surface area contributed by atoms with Crippen molar-refractivity contribution < 1.29 is 8.42 Å². The number of sulfonamides is 1. The van der Waals surface area contributed by atoms with Gasteiger partial charge in [0.1, 0.15) is 0 Å². The monoisotopic (exact) mass is 423 g/mol. The van der Waals surface area contributed by atoms with E-state index in [1.165, 1.54) is 15.7 Å².